The number of aliphatic carboxylic acids is 1. The number of carboxylic acid groups (broad SMARTS) is 1. The molecular formula is C20H37NO12. The van der Waals surface area contributed by atoms with Gasteiger partial charge in [-0.05, 0) is 0 Å². The summed E-state index contributed by atoms with van der Waals surface area (Å²) in [7, 11) is 0. The van der Waals surface area contributed by atoms with E-state index in [1.165, 1.54) is 6.92 Å². The van der Waals surface area contributed by atoms with E-state index < -0.39 is 18.5 Å². The summed E-state index contributed by atoms with van der Waals surface area (Å²) in [6.45, 7) is 6.11. The lowest BCUT2D eigenvalue weighted by Gasteiger charge is -2.08. The number of rotatable bonds is 25. The molecule has 0 atom stereocenters. The van der Waals surface area contributed by atoms with Crippen molar-refractivity contribution in [3.8, 4) is 0 Å². The molecule has 0 fully saturated rings. The lowest BCUT2D eigenvalue weighted by molar-refractivity contribution is -0.144. The summed E-state index contributed by atoms with van der Waals surface area (Å²) < 4.78 is 41.3. The van der Waals surface area contributed by atoms with Crippen LogP contribution in [0.4, 0.5) is 0 Å². The molecule has 13 nitrogen and oxygen atoms in total. The van der Waals surface area contributed by atoms with E-state index in [4.69, 9.17) is 38.3 Å². The fourth-order valence-corrected chi connectivity index (χ4v) is 1.99. The maximum Gasteiger partial charge on any atom is 0.329 e. The highest BCUT2D eigenvalue weighted by Crippen LogP contribution is 1.85. The molecule has 0 aliphatic rings. The predicted octanol–water partition coefficient (Wildman–Crippen LogP) is -1.13. The largest absolute Gasteiger partial charge is 0.480 e. The Balaban J connectivity index is 3.11. The van der Waals surface area contributed by atoms with Gasteiger partial charge in [0.05, 0.1) is 79.3 Å². The SMILES string of the molecule is CC(=O)OCCOCCOCCOCCOCCOCCOCCNC(=O)COCC(=O)O. The lowest BCUT2D eigenvalue weighted by Crippen LogP contribution is -2.31. The summed E-state index contributed by atoms with van der Waals surface area (Å²) in [4.78, 5) is 32.1. The summed E-state index contributed by atoms with van der Waals surface area (Å²) >= 11 is 0. The van der Waals surface area contributed by atoms with Gasteiger partial charge in [-0.15, -0.1) is 0 Å². The van der Waals surface area contributed by atoms with Crippen LogP contribution in [0.5, 0.6) is 0 Å². The molecule has 33 heavy (non-hydrogen) atoms. The van der Waals surface area contributed by atoms with Gasteiger partial charge in [0.25, 0.3) is 0 Å². The molecule has 0 aliphatic carbocycles. The second kappa shape index (κ2) is 24.8. The summed E-state index contributed by atoms with van der Waals surface area (Å²) in [5.41, 5.74) is 0. The molecule has 2 N–H and O–H groups in total. The Labute approximate surface area is 193 Å². The number of esters is 1. The van der Waals surface area contributed by atoms with E-state index in [0.717, 1.165) is 0 Å². The average molecular weight is 484 g/mol. The minimum absolute atomic E-state index is 0.245. The minimum atomic E-state index is -1.12. The van der Waals surface area contributed by atoms with Crippen LogP contribution in [-0.4, -0.2) is 129 Å². The Hall–Kier alpha value is -1.87. The van der Waals surface area contributed by atoms with Crippen molar-refractivity contribution in [2.45, 2.75) is 6.92 Å². The number of hydrogen-bond donors (Lipinski definition) is 2. The first-order valence-electron chi connectivity index (χ1n) is 10.7. The summed E-state index contributed by atoms with van der Waals surface area (Å²) in [6, 6.07) is 0. The molecule has 194 valence electrons. The number of nitrogens with one attached hydrogen (secondary N) is 1. The molecule has 0 bridgehead atoms. The molecule has 0 saturated heterocycles. The molecule has 0 aliphatic heterocycles. The van der Waals surface area contributed by atoms with Gasteiger partial charge < -0.3 is 48.3 Å². The van der Waals surface area contributed by atoms with Crippen molar-refractivity contribution < 1.29 is 57.4 Å². The topological polar surface area (TPSA) is 157 Å². The van der Waals surface area contributed by atoms with Crippen LogP contribution in [0.25, 0.3) is 0 Å². The van der Waals surface area contributed by atoms with Gasteiger partial charge in [-0.3, -0.25) is 9.59 Å². The Morgan fingerprint density at radius 2 is 0.970 bits per heavy atom. The van der Waals surface area contributed by atoms with Crippen molar-refractivity contribution in [1.29, 1.82) is 0 Å². The van der Waals surface area contributed by atoms with Crippen molar-refractivity contribution in [3.63, 3.8) is 0 Å². The first kappa shape index (κ1) is 31.1. The van der Waals surface area contributed by atoms with Gasteiger partial charge in [-0.2, -0.15) is 0 Å². The van der Waals surface area contributed by atoms with Gasteiger partial charge in [-0.1, -0.05) is 0 Å². The summed E-state index contributed by atoms with van der Waals surface area (Å²) in [6.07, 6.45) is 0. The fraction of sp³-hybridized carbons (Fsp3) is 0.850. The summed E-state index contributed by atoms with van der Waals surface area (Å²) in [5.74, 6) is -1.85. The molecule has 1 amide bonds. The Bertz CT molecular complexity index is 492. The van der Waals surface area contributed by atoms with Crippen molar-refractivity contribution >= 4 is 17.8 Å². The number of carbonyl (C=O) groups is 3. The van der Waals surface area contributed by atoms with Crippen LogP contribution >= 0.6 is 0 Å². The van der Waals surface area contributed by atoms with Crippen LogP contribution in [-0.2, 0) is 52.3 Å². The van der Waals surface area contributed by atoms with Gasteiger partial charge in [0, 0.05) is 13.5 Å². The van der Waals surface area contributed by atoms with E-state index in [2.05, 4.69) is 10.1 Å². The third kappa shape index (κ3) is 28.1. The highest BCUT2D eigenvalue weighted by atomic mass is 16.6. The van der Waals surface area contributed by atoms with Crippen molar-refractivity contribution in [3.05, 3.63) is 0 Å². The van der Waals surface area contributed by atoms with E-state index in [1.807, 2.05) is 0 Å². The van der Waals surface area contributed by atoms with E-state index in [9.17, 15) is 14.4 Å². The van der Waals surface area contributed by atoms with E-state index in [0.29, 0.717) is 85.8 Å². The number of hydrogen-bond acceptors (Lipinski definition) is 11. The summed E-state index contributed by atoms with van der Waals surface area (Å²) in [5, 5.41) is 10.9. The molecule has 13 heteroatoms. The van der Waals surface area contributed by atoms with Gasteiger partial charge in [0.1, 0.15) is 19.8 Å². The first-order valence-corrected chi connectivity index (χ1v) is 10.7. The highest BCUT2D eigenvalue weighted by molar-refractivity contribution is 5.77. The zero-order valence-electron chi connectivity index (χ0n) is 19.3. The molecule has 0 saturated carbocycles. The molecule has 0 aromatic rings. The second-order valence-corrected chi connectivity index (χ2v) is 6.25. The quantitative estimate of drug-likeness (QED) is 0.119. The molecule has 0 aromatic carbocycles. The van der Waals surface area contributed by atoms with Gasteiger partial charge in [0.2, 0.25) is 5.91 Å². The zero-order valence-corrected chi connectivity index (χ0v) is 19.3. The van der Waals surface area contributed by atoms with Crippen LogP contribution in [0, 0.1) is 0 Å². The van der Waals surface area contributed by atoms with Gasteiger partial charge in [0.15, 0.2) is 0 Å². The molecule has 0 radical (unpaired) electrons. The van der Waals surface area contributed by atoms with Crippen LogP contribution in [0.3, 0.4) is 0 Å². The van der Waals surface area contributed by atoms with Crippen LogP contribution in [0.15, 0.2) is 0 Å². The molecular weight excluding hydrogens is 446 g/mol. The van der Waals surface area contributed by atoms with Crippen molar-refractivity contribution in [2.75, 3.05) is 106 Å². The highest BCUT2D eigenvalue weighted by Gasteiger charge is 2.03. The van der Waals surface area contributed by atoms with Crippen molar-refractivity contribution in [1.82, 2.24) is 5.32 Å². The Kier molecular flexibility index (Phi) is 23.4. The second-order valence-electron chi connectivity index (χ2n) is 6.25. The molecule has 0 spiro atoms. The Morgan fingerprint density at radius 3 is 1.36 bits per heavy atom. The van der Waals surface area contributed by atoms with Crippen molar-refractivity contribution in [2.24, 2.45) is 0 Å². The lowest BCUT2D eigenvalue weighted by atomic mass is 10.6. The number of amides is 1. The standard InChI is InChI=1S/C20H37NO12/c1-18(22)33-15-14-31-13-12-30-11-10-29-9-8-28-7-6-27-5-4-26-3-2-21-19(23)16-32-17-20(24)25/h2-17H2,1H3,(H,21,23)(H,24,25). The fourth-order valence-electron chi connectivity index (χ4n) is 1.99. The van der Waals surface area contributed by atoms with Crippen LogP contribution < -0.4 is 5.32 Å². The van der Waals surface area contributed by atoms with E-state index in [1.54, 1.807) is 0 Å². The van der Waals surface area contributed by atoms with Crippen LogP contribution in [0.1, 0.15) is 6.92 Å². The first-order chi connectivity index (χ1) is 16.0. The molecule has 0 rings (SSSR count). The van der Waals surface area contributed by atoms with Gasteiger partial charge >= 0.3 is 11.9 Å². The third-order valence-electron chi connectivity index (χ3n) is 3.42. The minimum Gasteiger partial charge on any atom is -0.480 e. The van der Waals surface area contributed by atoms with Gasteiger partial charge in [-0.25, -0.2) is 4.79 Å². The maximum atomic E-state index is 11.3. The Morgan fingerprint density at radius 1 is 0.576 bits per heavy atom. The smallest absolute Gasteiger partial charge is 0.329 e. The zero-order chi connectivity index (χ0) is 24.4. The van der Waals surface area contributed by atoms with E-state index >= 15 is 0 Å². The molecule has 0 aromatic heterocycles. The number of carbonyl (C=O) groups excluding carboxylic acids is 2. The average Bonchev–Trinajstić information content (AvgIpc) is 2.76. The third-order valence-corrected chi connectivity index (χ3v) is 3.42. The molecule has 0 unspecified atom stereocenters. The normalized spacial score (nSPS) is 10.8. The number of carboxylic acids is 1. The predicted molar refractivity (Wildman–Crippen MR) is 113 cm³/mol. The monoisotopic (exact) mass is 483 g/mol. The van der Waals surface area contributed by atoms with E-state index in [-0.39, 0.29) is 19.2 Å². The molecule has 0 heterocycles. The van der Waals surface area contributed by atoms with Crippen LogP contribution in [0.2, 0.25) is 0 Å². The maximum absolute atomic E-state index is 11.3. The number of ether oxygens (including phenoxy) is 8.